The summed E-state index contributed by atoms with van der Waals surface area (Å²) in [5.74, 6) is 0. The van der Waals surface area contributed by atoms with Gasteiger partial charge in [-0.2, -0.15) is 5.10 Å². The van der Waals surface area contributed by atoms with Crippen molar-refractivity contribution < 1.29 is 0 Å². The minimum Gasteiger partial charge on any atom is -0.380 e. The molecule has 0 amide bonds. The summed E-state index contributed by atoms with van der Waals surface area (Å²) in [6.07, 6.45) is 11.7. The fraction of sp³-hybridized carbons (Fsp3) is 0.750. The highest BCUT2D eigenvalue weighted by molar-refractivity contribution is 5.38. The van der Waals surface area contributed by atoms with Crippen LogP contribution in [0.3, 0.4) is 0 Å². The average Bonchev–Trinajstić information content (AvgIpc) is 2.70. The molecule has 1 heterocycles. The molecule has 1 aromatic heterocycles. The Bertz CT molecular complexity index is 231. The van der Waals surface area contributed by atoms with E-state index >= 15 is 0 Å². The van der Waals surface area contributed by atoms with Crippen LogP contribution in [0.4, 0.5) is 5.69 Å². The van der Waals surface area contributed by atoms with Gasteiger partial charge in [-0.1, -0.05) is 39.0 Å². The highest BCUT2D eigenvalue weighted by Crippen LogP contribution is 2.11. The summed E-state index contributed by atoms with van der Waals surface area (Å²) in [6, 6.07) is 0.546. The van der Waals surface area contributed by atoms with E-state index in [9.17, 15) is 0 Å². The van der Waals surface area contributed by atoms with Gasteiger partial charge in [-0.05, 0) is 13.3 Å². The molecule has 15 heavy (non-hydrogen) atoms. The zero-order chi connectivity index (χ0) is 10.9. The second kappa shape index (κ2) is 7.32. The van der Waals surface area contributed by atoms with Crippen LogP contribution >= 0.6 is 0 Å². The number of rotatable bonds is 8. The first-order valence-corrected chi connectivity index (χ1v) is 6.08. The number of H-pyrrole nitrogens is 1. The van der Waals surface area contributed by atoms with Gasteiger partial charge in [-0.25, -0.2) is 0 Å². The maximum Gasteiger partial charge on any atom is 0.0725 e. The molecule has 0 aromatic carbocycles. The molecule has 0 aliphatic heterocycles. The van der Waals surface area contributed by atoms with Crippen LogP contribution in [-0.2, 0) is 0 Å². The Balaban J connectivity index is 2.01. The summed E-state index contributed by atoms with van der Waals surface area (Å²) in [6.45, 7) is 4.48. The first kappa shape index (κ1) is 12.1. The van der Waals surface area contributed by atoms with Gasteiger partial charge in [0.2, 0.25) is 0 Å². The number of nitrogens with one attached hydrogen (secondary N) is 2. The van der Waals surface area contributed by atoms with E-state index in [0.29, 0.717) is 6.04 Å². The van der Waals surface area contributed by atoms with Crippen LogP contribution in [0, 0.1) is 0 Å². The number of aromatic amines is 1. The average molecular weight is 209 g/mol. The molecule has 1 unspecified atom stereocenters. The van der Waals surface area contributed by atoms with E-state index in [0.717, 1.165) is 5.69 Å². The molecule has 3 heteroatoms. The van der Waals surface area contributed by atoms with Crippen LogP contribution in [0.2, 0.25) is 0 Å². The van der Waals surface area contributed by atoms with Gasteiger partial charge < -0.3 is 5.32 Å². The van der Waals surface area contributed by atoms with Gasteiger partial charge in [0.05, 0.1) is 11.9 Å². The number of aromatic nitrogens is 2. The third-order valence-corrected chi connectivity index (χ3v) is 2.65. The molecule has 1 aromatic rings. The molecular formula is C12H23N3. The standard InChI is InChI=1S/C12H23N3/c1-3-4-5-6-7-8-11(2)15-12-9-13-14-10-12/h9-11,15H,3-8H2,1-2H3,(H,13,14). The fourth-order valence-corrected chi connectivity index (χ4v) is 1.74. The molecule has 0 spiro atoms. The predicted octanol–water partition coefficient (Wildman–Crippen LogP) is 3.57. The second-order valence-electron chi connectivity index (χ2n) is 4.24. The van der Waals surface area contributed by atoms with Gasteiger partial charge in [0.15, 0.2) is 0 Å². The lowest BCUT2D eigenvalue weighted by molar-refractivity contribution is 0.578. The maximum absolute atomic E-state index is 3.91. The first-order valence-electron chi connectivity index (χ1n) is 6.08. The Morgan fingerprint density at radius 2 is 2.13 bits per heavy atom. The molecule has 0 bridgehead atoms. The van der Waals surface area contributed by atoms with E-state index in [2.05, 4.69) is 29.4 Å². The van der Waals surface area contributed by atoms with E-state index in [1.807, 2.05) is 12.4 Å². The molecular weight excluding hydrogens is 186 g/mol. The third-order valence-electron chi connectivity index (χ3n) is 2.65. The summed E-state index contributed by atoms with van der Waals surface area (Å²) in [5.41, 5.74) is 1.09. The van der Waals surface area contributed by atoms with Crippen LogP contribution < -0.4 is 5.32 Å². The van der Waals surface area contributed by atoms with Crippen molar-refractivity contribution in [1.29, 1.82) is 0 Å². The smallest absolute Gasteiger partial charge is 0.0725 e. The summed E-state index contributed by atoms with van der Waals surface area (Å²) in [4.78, 5) is 0. The third kappa shape index (κ3) is 5.45. The van der Waals surface area contributed by atoms with Crippen LogP contribution in [-0.4, -0.2) is 16.2 Å². The lowest BCUT2D eigenvalue weighted by Crippen LogP contribution is -2.14. The Kier molecular flexibility index (Phi) is 5.90. The number of nitrogens with zero attached hydrogens (tertiary/aromatic N) is 1. The molecule has 86 valence electrons. The summed E-state index contributed by atoms with van der Waals surface area (Å²) < 4.78 is 0. The maximum atomic E-state index is 3.91. The Hall–Kier alpha value is -0.990. The van der Waals surface area contributed by atoms with Crippen molar-refractivity contribution >= 4 is 5.69 Å². The zero-order valence-electron chi connectivity index (χ0n) is 9.92. The van der Waals surface area contributed by atoms with Crippen LogP contribution in [0.15, 0.2) is 12.4 Å². The normalized spacial score (nSPS) is 12.7. The van der Waals surface area contributed by atoms with Crippen molar-refractivity contribution in [1.82, 2.24) is 10.2 Å². The molecule has 0 radical (unpaired) electrons. The largest absolute Gasteiger partial charge is 0.380 e. The minimum absolute atomic E-state index is 0.546. The van der Waals surface area contributed by atoms with Crippen molar-refractivity contribution in [2.24, 2.45) is 0 Å². The van der Waals surface area contributed by atoms with E-state index in [4.69, 9.17) is 0 Å². The van der Waals surface area contributed by atoms with Gasteiger partial charge in [0, 0.05) is 12.2 Å². The van der Waals surface area contributed by atoms with E-state index in [-0.39, 0.29) is 0 Å². The summed E-state index contributed by atoms with van der Waals surface area (Å²) in [7, 11) is 0. The minimum atomic E-state index is 0.546. The first-order chi connectivity index (χ1) is 7.33. The van der Waals surface area contributed by atoms with Crippen LogP contribution in [0.1, 0.15) is 52.4 Å². The van der Waals surface area contributed by atoms with Crippen LogP contribution in [0.5, 0.6) is 0 Å². The van der Waals surface area contributed by atoms with Gasteiger partial charge in [-0.3, -0.25) is 5.10 Å². The topological polar surface area (TPSA) is 40.7 Å². The second-order valence-corrected chi connectivity index (χ2v) is 4.24. The number of unbranched alkanes of at least 4 members (excludes halogenated alkanes) is 4. The monoisotopic (exact) mass is 209 g/mol. The molecule has 0 saturated heterocycles. The molecule has 0 aliphatic carbocycles. The zero-order valence-corrected chi connectivity index (χ0v) is 9.92. The SMILES string of the molecule is CCCCCCCC(C)Nc1cn[nH]c1. The van der Waals surface area contributed by atoms with Gasteiger partial charge in [0.1, 0.15) is 0 Å². The lowest BCUT2D eigenvalue weighted by atomic mass is 10.1. The van der Waals surface area contributed by atoms with Gasteiger partial charge >= 0.3 is 0 Å². The van der Waals surface area contributed by atoms with E-state index in [1.54, 1.807) is 0 Å². The van der Waals surface area contributed by atoms with Gasteiger partial charge in [-0.15, -0.1) is 0 Å². The van der Waals surface area contributed by atoms with Gasteiger partial charge in [0.25, 0.3) is 0 Å². The van der Waals surface area contributed by atoms with E-state index in [1.165, 1.54) is 38.5 Å². The highest BCUT2D eigenvalue weighted by atomic mass is 15.1. The molecule has 1 atom stereocenters. The fourth-order valence-electron chi connectivity index (χ4n) is 1.74. The van der Waals surface area contributed by atoms with Crippen molar-refractivity contribution in [3.05, 3.63) is 12.4 Å². The lowest BCUT2D eigenvalue weighted by Gasteiger charge is -2.12. The molecule has 1 rings (SSSR count). The molecule has 3 nitrogen and oxygen atoms in total. The van der Waals surface area contributed by atoms with Crippen molar-refractivity contribution in [3.8, 4) is 0 Å². The van der Waals surface area contributed by atoms with Crippen molar-refractivity contribution in [2.45, 2.75) is 58.4 Å². The van der Waals surface area contributed by atoms with Crippen LogP contribution in [0.25, 0.3) is 0 Å². The Morgan fingerprint density at radius 3 is 2.80 bits per heavy atom. The molecule has 0 saturated carbocycles. The molecule has 0 fully saturated rings. The quantitative estimate of drug-likeness (QED) is 0.643. The number of anilines is 1. The number of hydrogen-bond donors (Lipinski definition) is 2. The Labute approximate surface area is 92.7 Å². The van der Waals surface area contributed by atoms with E-state index < -0.39 is 0 Å². The summed E-state index contributed by atoms with van der Waals surface area (Å²) in [5, 5.41) is 10.1. The Morgan fingerprint density at radius 1 is 1.33 bits per heavy atom. The molecule has 0 aliphatic rings. The summed E-state index contributed by atoms with van der Waals surface area (Å²) >= 11 is 0. The predicted molar refractivity (Wildman–Crippen MR) is 65.0 cm³/mol. The molecule has 2 N–H and O–H groups in total. The number of hydrogen-bond acceptors (Lipinski definition) is 2. The van der Waals surface area contributed by atoms with Crippen molar-refractivity contribution in [2.75, 3.05) is 5.32 Å². The highest BCUT2D eigenvalue weighted by Gasteiger charge is 2.01. The van der Waals surface area contributed by atoms with Crippen molar-refractivity contribution in [3.63, 3.8) is 0 Å².